The van der Waals surface area contributed by atoms with E-state index in [4.69, 9.17) is 5.73 Å². The minimum absolute atomic E-state index is 0.0333. The van der Waals surface area contributed by atoms with Crippen LogP contribution in [-0.4, -0.2) is 42.9 Å². The quantitative estimate of drug-likeness (QED) is 0.555. The topological polar surface area (TPSA) is 113 Å². The fourth-order valence-corrected chi connectivity index (χ4v) is 5.59. The van der Waals surface area contributed by atoms with Crippen molar-refractivity contribution in [2.75, 3.05) is 18.4 Å². The van der Waals surface area contributed by atoms with E-state index >= 15 is 0 Å². The second kappa shape index (κ2) is 10.1. The molecule has 0 aromatic heterocycles. The van der Waals surface area contributed by atoms with Crippen molar-refractivity contribution >= 4 is 21.6 Å². The Hall–Kier alpha value is -2.42. The van der Waals surface area contributed by atoms with Crippen LogP contribution in [0.1, 0.15) is 48.9 Å². The van der Waals surface area contributed by atoms with E-state index in [2.05, 4.69) is 5.32 Å². The monoisotopic (exact) mass is 431 g/mol. The molecule has 1 fully saturated rings. The predicted molar refractivity (Wildman–Crippen MR) is 117 cm³/mol. The number of nitrogens with two attached hydrogens (primary N) is 1. The molecule has 0 spiro atoms. The lowest BCUT2D eigenvalue weighted by molar-refractivity contribution is 0.102. The molecule has 1 aliphatic rings. The average molecular weight is 432 g/mol. The number of para-hydroxylation sites is 2. The van der Waals surface area contributed by atoms with E-state index in [1.54, 1.807) is 34.6 Å². The lowest BCUT2D eigenvalue weighted by atomic mass is 9.95. The van der Waals surface area contributed by atoms with Gasteiger partial charge >= 0.3 is 0 Å². The zero-order chi connectivity index (χ0) is 21.6. The summed E-state index contributed by atoms with van der Waals surface area (Å²) in [6.45, 7) is 0.791. The van der Waals surface area contributed by atoms with Gasteiger partial charge in [-0.15, -0.1) is 0 Å². The van der Waals surface area contributed by atoms with Crippen LogP contribution in [0.2, 0.25) is 0 Å². The van der Waals surface area contributed by atoms with Gasteiger partial charge < -0.3 is 16.2 Å². The number of carbonyl (C=O) groups excluding carboxylic acids is 1. The van der Waals surface area contributed by atoms with Gasteiger partial charge in [0.1, 0.15) is 5.75 Å². The van der Waals surface area contributed by atoms with Crippen LogP contribution in [0, 0.1) is 0 Å². The molecule has 0 unspecified atom stereocenters. The molecule has 8 heteroatoms. The molecule has 3 rings (SSSR count). The second-order valence-electron chi connectivity index (χ2n) is 7.55. The number of amides is 1. The largest absolute Gasteiger partial charge is 0.506 e. The maximum absolute atomic E-state index is 13.4. The molecule has 2 aromatic carbocycles. The van der Waals surface area contributed by atoms with Gasteiger partial charge in [-0.05, 0) is 56.1 Å². The van der Waals surface area contributed by atoms with Crippen LogP contribution in [0.15, 0.2) is 53.4 Å². The van der Waals surface area contributed by atoms with Crippen molar-refractivity contribution in [3.63, 3.8) is 0 Å². The molecule has 0 bridgehead atoms. The van der Waals surface area contributed by atoms with Crippen molar-refractivity contribution in [1.29, 1.82) is 0 Å². The Morgan fingerprint density at radius 3 is 2.53 bits per heavy atom. The third kappa shape index (κ3) is 5.19. The number of nitrogens with zero attached hydrogens (tertiary/aromatic N) is 1. The van der Waals surface area contributed by atoms with Crippen LogP contribution in [0.3, 0.4) is 0 Å². The first-order chi connectivity index (χ1) is 14.4. The summed E-state index contributed by atoms with van der Waals surface area (Å²) in [5, 5.41) is 12.5. The van der Waals surface area contributed by atoms with Gasteiger partial charge in [-0.25, -0.2) is 8.42 Å². The smallest absolute Gasteiger partial charge is 0.255 e. The van der Waals surface area contributed by atoms with Gasteiger partial charge in [-0.3, -0.25) is 4.79 Å². The Morgan fingerprint density at radius 2 is 1.83 bits per heavy atom. The van der Waals surface area contributed by atoms with Gasteiger partial charge in [0.15, 0.2) is 0 Å². The molecule has 1 amide bonds. The van der Waals surface area contributed by atoms with Crippen molar-refractivity contribution in [3.05, 3.63) is 54.1 Å². The minimum atomic E-state index is -3.76. The number of phenols is 1. The molecule has 0 radical (unpaired) electrons. The van der Waals surface area contributed by atoms with Crippen molar-refractivity contribution in [2.24, 2.45) is 5.73 Å². The van der Waals surface area contributed by atoms with Gasteiger partial charge in [0.05, 0.1) is 10.6 Å². The maximum Gasteiger partial charge on any atom is 0.255 e. The average Bonchev–Trinajstić information content (AvgIpc) is 2.76. The highest BCUT2D eigenvalue weighted by Crippen LogP contribution is 2.29. The molecule has 162 valence electrons. The number of nitrogens with one attached hydrogen (secondary N) is 1. The van der Waals surface area contributed by atoms with E-state index in [0.717, 1.165) is 32.1 Å². The number of hydrogen-bond donors (Lipinski definition) is 3. The van der Waals surface area contributed by atoms with Gasteiger partial charge in [0, 0.05) is 18.2 Å². The molecule has 0 atom stereocenters. The first-order valence-electron chi connectivity index (χ1n) is 10.3. The summed E-state index contributed by atoms with van der Waals surface area (Å²) in [4.78, 5) is 12.7. The lowest BCUT2D eigenvalue weighted by Gasteiger charge is -2.33. The number of anilines is 1. The molecule has 1 aliphatic carbocycles. The Labute approximate surface area is 177 Å². The second-order valence-corrected chi connectivity index (χ2v) is 9.44. The van der Waals surface area contributed by atoms with Crippen LogP contribution in [0.5, 0.6) is 5.75 Å². The highest BCUT2D eigenvalue weighted by Gasteiger charge is 2.32. The van der Waals surface area contributed by atoms with Crippen molar-refractivity contribution < 1.29 is 18.3 Å². The normalized spacial score (nSPS) is 15.3. The molecule has 7 nitrogen and oxygen atoms in total. The summed E-state index contributed by atoms with van der Waals surface area (Å²) in [5.74, 6) is -0.542. The molecular formula is C22H29N3O4S. The van der Waals surface area contributed by atoms with Crippen LogP contribution in [0.25, 0.3) is 0 Å². The number of rotatable bonds is 8. The molecule has 30 heavy (non-hydrogen) atoms. The van der Waals surface area contributed by atoms with Crippen molar-refractivity contribution in [2.45, 2.75) is 49.5 Å². The summed E-state index contributed by atoms with van der Waals surface area (Å²) in [6, 6.07) is 12.4. The van der Waals surface area contributed by atoms with E-state index < -0.39 is 15.9 Å². The van der Waals surface area contributed by atoms with Crippen LogP contribution in [0.4, 0.5) is 5.69 Å². The Kier molecular flexibility index (Phi) is 7.47. The van der Waals surface area contributed by atoms with Crippen molar-refractivity contribution in [3.8, 4) is 5.75 Å². The van der Waals surface area contributed by atoms with E-state index in [0.29, 0.717) is 19.5 Å². The van der Waals surface area contributed by atoms with Gasteiger partial charge in [-0.2, -0.15) is 4.31 Å². The number of aromatic hydroxyl groups is 1. The SMILES string of the molecule is NCCCN(C1CCCCC1)S(=O)(=O)c1cccc(C(=O)Nc2ccccc2O)c1. The molecule has 0 aliphatic heterocycles. The predicted octanol–water partition coefficient (Wildman–Crippen LogP) is 3.32. The Morgan fingerprint density at radius 1 is 1.10 bits per heavy atom. The Bertz CT molecular complexity index is 972. The summed E-state index contributed by atoms with van der Waals surface area (Å²) in [5.41, 5.74) is 6.12. The molecular weight excluding hydrogens is 402 g/mol. The minimum Gasteiger partial charge on any atom is -0.506 e. The maximum atomic E-state index is 13.4. The van der Waals surface area contributed by atoms with Crippen LogP contribution in [-0.2, 0) is 10.0 Å². The first kappa shape index (κ1) is 22.3. The third-order valence-corrected chi connectivity index (χ3v) is 7.37. The number of phenolic OH excluding ortho intramolecular Hbond substituents is 1. The zero-order valence-corrected chi connectivity index (χ0v) is 17.8. The molecule has 0 saturated heterocycles. The fourth-order valence-electron chi connectivity index (χ4n) is 3.82. The first-order valence-corrected chi connectivity index (χ1v) is 11.8. The number of hydrogen-bond acceptors (Lipinski definition) is 5. The highest BCUT2D eigenvalue weighted by molar-refractivity contribution is 7.89. The number of benzene rings is 2. The third-order valence-electron chi connectivity index (χ3n) is 5.42. The summed E-state index contributed by atoms with van der Waals surface area (Å²) in [7, 11) is -3.76. The van der Waals surface area contributed by atoms with E-state index in [1.807, 2.05) is 0 Å². The van der Waals surface area contributed by atoms with E-state index in [1.165, 1.54) is 18.2 Å². The van der Waals surface area contributed by atoms with Crippen LogP contribution < -0.4 is 11.1 Å². The standard InChI is InChI=1S/C22H29N3O4S/c23-14-7-15-25(18-9-2-1-3-10-18)30(28,29)19-11-6-8-17(16-19)22(27)24-20-12-4-5-13-21(20)26/h4-6,8,11-13,16,18,26H,1-3,7,9-10,14-15,23H2,(H,24,27). The van der Waals surface area contributed by atoms with Gasteiger partial charge in [0.2, 0.25) is 10.0 Å². The summed E-state index contributed by atoms with van der Waals surface area (Å²) in [6.07, 6.45) is 5.44. The number of sulfonamides is 1. The highest BCUT2D eigenvalue weighted by atomic mass is 32.2. The van der Waals surface area contributed by atoms with E-state index in [-0.39, 0.29) is 27.9 Å². The van der Waals surface area contributed by atoms with Crippen LogP contribution >= 0.6 is 0 Å². The molecule has 4 N–H and O–H groups in total. The van der Waals surface area contributed by atoms with Crippen molar-refractivity contribution in [1.82, 2.24) is 4.31 Å². The molecule has 2 aromatic rings. The van der Waals surface area contributed by atoms with Gasteiger partial charge in [0.25, 0.3) is 5.91 Å². The summed E-state index contributed by atoms with van der Waals surface area (Å²) >= 11 is 0. The van der Waals surface area contributed by atoms with E-state index in [9.17, 15) is 18.3 Å². The number of carbonyl (C=O) groups is 1. The van der Waals surface area contributed by atoms with Gasteiger partial charge in [-0.1, -0.05) is 37.5 Å². The molecule has 0 heterocycles. The zero-order valence-electron chi connectivity index (χ0n) is 17.0. The molecule has 1 saturated carbocycles. The fraction of sp³-hybridized carbons (Fsp3) is 0.409. The lowest BCUT2D eigenvalue weighted by Crippen LogP contribution is -2.42. The summed E-state index contributed by atoms with van der Waals surface area (Å²) < 4.78 is 28.4. The Balaban J connectivity index is 1.86.